The Bertz CT molecular complexity index is 227. The van der Waals surface area contributed by atoms with Gasteiger partial charge in [-0.15, -0.1) is 0 Å². The highest BCUT2D eigenvalue weighted by Gasteiger charge is 2.46. The van der Waals surface area contributed by atoms with Crippen LogP contribution < -0.4 is 5.32 Å². The Morgan fingerprint density at radius 1 is 1.06 bits per heavy atom. The number of rotatable bonds is 8. The first-order valence-electron chi connectivity index (χ1n) is 7.67. The molecule has 2 aliphatic carbocycles. The van der Waals surface area contributed by atoms with Gasteiger partial charge in [0.25, 0.3) is 0 Å². The van der Waals surface area contributed by atoms with Crippen LogP contribution in [0.15, 0.2) is 0 Å². The number of methoxy groups -OCH3 is 1. The summed E-state index contributed by atoms with van der Waals surface area (Å²) >= 11 is 0. The average molecular weight is 255 g/mol. The van der Waals surface area contributed by atoms with Crippen molar-refractivity contribution in [1.29, 1.82) is 0 Å². The van der Waals surface area contributed by atoms with Gasteiger partial charge in [0.05, 0.1) is 13.2 Å². The lowest BCUT2D eigenvalue weighted by Crippen LogP contribution is -2.54. The van der Waals surface area contributed by atoms with Crippen molar-refractivity contribution in [3.8, 4) is 0 Å². The molecule has 2 saturated carbocycles. The zero-order chi connectivity index (χ0) is 12.7. The molecule has 18 heavy (non-hydrogen) atoms. The van der Waals surface area contributed by atoms with E-state index >= 15 is 0 Å². The number of hydrogen-bond acceptors (Lipinski definition) is 3. The Kier molecular flexibility index (Phi) is 5.93. The molecule has 0 saturated heterocycles. The average Bonchev–Trinajstić information content (AvgIpc) is 2.41. The van der Waals surface area contributed by atoms with Gasteiger partial charge in [-0.3, -0.25) is 0 Å². The van der Waals surface area contributed by atoms with Crippen LogP contribution in [0.25, 0.3) is 0 Å². The molecule has 2 fully saturated rings. The molecule has 0 heterocycles. The lowest BCUT2D eigenvalue weighted by Gasteiger charge is -2.52. The van der Waals surface area contributed by atoms with Gasteiger partial charge in [-0.25, -0.2) is 0 Å². The topological polar surface area (TPSA) is 30.5 Å². The van der Waals surface area contributed by atoms with E-state index < -0.39 is 0 Å². The third-order valence-corrected chi connectivity index (χ3v) is 4.81. The van der Waals surface area contributed by atoms with E-state index in [0.717, 1.165) is 32.2 Å². The molecule has 106 valence electrons. The maximum absolute atomic E-state index is 5.48. The molecule has 2 rings (SSSR count). The predicted octanol–water partition coefficient (Wildman–Crippen LogP) is 2.74. The molecule has 0 amide bonds. The van der Waals surface area contributed by atoms with E-state index in [1.54, 1.807) is 7.11 Å². The molecule has 0 aromatic rings. The van der Waals surface area contributed by atoms with Gasteiger partial charge in [-0.1, -0.05) is 19.3 Å². The molecular formula is C15H29NO2. The van der Waals surface area contributed by atoms with Crippen molar-refractivity contribution in [2.24, 2.45) is 5.41 Å². The van der Waals surface area contributed by atoms with Gasteiger partial charge in [-0.2, -0.15) is 0 Å². The smallest absolute Gasteiger partial charge is 0.0700 e. The first-order chi connectivity index (χ1) is 8.87. The minimum atomic E-state index is 0.690. The molecule has 0 aromatic heterocycles. The second-order valence-electron chi connectivity index (χ2n) is 5.93. The van der Waals surface area contributed by atoms with Crippen LogP contribution in [0.4, 0.5) is 0 Å². The molecule has 1 N–H and O–H groups in total. The molecule has 3 nitrogen and oxygen atoms in total. The molecule has 0 radical (unpaired) electrons. The van der Waals surface area contributed by atoms with Gasteiger partial charge in [0.1, 0.15) is 0 Å². The standard InChI is InChI=1S/C15H29NO2/c1-17-12-13-18-11-5-10-16-14-6-9-15(14)7-3-2-4-8-15/h14,16H,2-13H2,1H3. The Balaban J connectivity index is 1.51. The molecule has 3 heteroatoms. The third kappa shape index (κ3) is 3.69. The molecule has 2 aliphatic rings. The minimum absolute atomic E-state index is 0.690. The molecule has 0 aromatic carbocycles. The van der Waals surface area contributed by atoms with Crippen LogP contribution in [-0.4, -0.2) is 39.5 Å². The number of ether oxygens (including phenoxy) is 2. The predicted molar refractivity (Wildman–Crippen MR) is 73.9 cm³/mol. The highest BCUT2D eigenvalue weighted by atomic mass is 16.5. The van der Waals surface area contributed by atoms with Crippen LogP contribution in [0.2, 0.25) is 0 Å². The van der Waals surface area contributed by atoms with E-state index in [2.05, 4.69) is 5.32 Å². The van der Waals surface area contributed by atoms with Crippen molar-refractivity contribution in [3.05, 3.63) is 0 Å². The quantitative estimate of drug-likeness (QED) is 0.677. The molecular weight excluding hydrogens is 226 g/mol. The summed E-state index contributed by atoms with van der Waals surface area (Å²) < 4.78 is 10.4. The largest absolute Gasteiger partial charge is 0.382 e. The monoisotopic (exact) mass is 255 g/mol. The van der Waals surface area contributed by atoms with E-state index in [1.807, 2.05) is 0 Å². The Morgan fingerprint density at radius 3 is 2.56 bits per heavy atom. The van der Waals surface area contributed by atoms with E-state index in [-0.39, 0.29) is 0 Å². The SMILES string of the molecule is COCCOCCCNC1CCC12CCCCC2. The summed E-state index contributed by atoms with van der Waals surface area (Å²) in [7, 11) is 1.71. The molecule has 1 spiro atoms. The van der Waals surface area contributed by atoms with Crippen LogP contribution in [0.3, 0.4) is 0 Å². The van der Waals surface area contributed by atoms with Crippen LogP contribution in [0, 0.1) is 5.41 Å². The van der Waals surface area contributed by atoms with Gasteiger partial charge in [0.15, 0.2) is 0 Å². The van der Waals surface area contributed by atoms with Gasteiger partial charge in [-0.05, 0) is 44.1 Å². The van der Waals surface area contributed by atoms with Gasteiger partial charge >= 0.3 is 0 Å². The molecule has 1 atom stereocenters. The van der Waals surface area contributed by atoms with Crippen LogP contribution in [-0.2, 0) is 9.47 Å². The first-order valence-corrected chi connectivity index (χ1v) is 7.67. The summed E-state index contributed by atoms with van der Waals surface area (Å²) in [5, 5.41) is 3.76. The van der Waals surface area contributed by atoms with Crippen molar-refractivity contribution in [3.63, 3.8) is 0 Å². The summed E-state index contributed by atoms with van der Waals surface area (Å²) in [6.45, 7) is 3.40. The zero-order valence-corrected chi connectivity index (χ0v) is 11.9. The maximum atomic E-state index is 5.48. The lowest BCUT2D eigenvalue weighted by atomic mass is 9.57. The van der Waals surface area contributed by atoms with Crippen LogP contribution in [0.5, 0.6) is 0 Å². The summed E-state index contributed by atoms with van der Waals surface area (Å²) in [4.78, 5) is 0. The van der Waals surface area contributed by atoms with Crippen molar-refractivity contribution in [2.45, 2.75) is 57.4 Å². The summed E-state index contributed by atoms with van der Waals surface area (Å²) in [5.74, 6) is 0. The van der Waals surface area contributed by atoms with Gasteiger partial charge in [0.2, 0.25) is 0 Å². The van der Waals surface area contributed by atoms with E-state index in [0.29, 0.717) is 12.0 Å². The van der Waals surface area contributed by atoms with Crippen LogP contribution >= 0.6 is 0 Å². The third-order valence-electron chi connectivity index (χ3n) is 4.81. The van der Waals surface area contributed by atoms with Crippen LogP contribution in [0.1, 0.15) is 51.4 Å². The fourth-order valence-corrected chi connectivity index (χ4v) is 3.56. The maximum Gasteiger partial charge on any atom is 0.0700 e. The number of nitrogens with one attached hydrogen (secondary N) is 1. The van der Waals surface area contributed by atoms with Crippen molar-refractivity contribution in [1.82, 2.24) is 5.32 Å². The zero-order valence-electron chi connectivity index (χ0n) is 11.9. The highest BCUT2D eigenvalue weighted by Crippen LogP contribution is 2.51. The first kappa shape index (κ1) is 14.3. The molecule has 1 unspecified atom stereocenters. The fraction of sp³-hybridized carbons (Fsp3) is 1.00. The minimum Gasteiger partial charge on any atom is -0.382 e. The summed E-state index contributed by atoms with van der Waals surface area (Å²) in [6, 6.07) is 0.803. The number of hydrogen-bond donors (Lipinski definition) is 1. The fourth-order valence-electron chi connectivity index (χ4n) is 3.56. The Labute approximate surface area is 112 Å². The van der Waals surface area contributed by atoms with E-state index in [1.165, 1.54) is 44.9 Å². The molecule has 0 aliphatic heterocycles. The van der Waals surface area contributed by atoms with E-state index in [4.69, 9.17) is 9.47 Å². The van der Waals surface area contributed by atoms with Gasteiger partial charge in [0, 0.05) is 19.8 Å². The van der Waals surface area contributed by atoms with Gasteiger partial charge < -0.3 is 14.8 Å². The lowest BCUT2D eigenvalue weighted by molar-refractivity contribution is 0.0206. The van der Waals surface area contributed by atoms with Crippen molar-refractivity contribution >= 4 is 0 Å². The normalized spacial score (nSPS) is 26.2. The Hall–Kier alpha value is -0.120. The highest BCUT2D eigenvalue weighted by molar-refractivity contribution is 5.01. The summed E-state index contributed by atoms with van der Waals surface area (Å²) in [6.07, 6.45) is 11.3. The second-order valence-corrected chi connectivity index (χ2v) is 5.93. The van der Waals surface area contributed by atoms with E-state index in [9.17, 15) is 0 Å². The van der Waals surface area contributed by atoms with Crippen molar-refractivity contribution < 1.29 is 9.47 Å². The van der Waals surface area contributed by atoms with Crippen molar-refractivity contribution in [2.75, 3.05) is 33.5 Å². The summed E-state index contributed by atoms with van der Waals surface area (Å²) in [5.41, 5.74) is 0.690. The second kappa shape index (κ2) is 7.46. The molecule has 0 bridgehead atoms. The Morgan fingerprint density at radius 2 is 1.89 bits per heavy atom.